The van der Waals surface area contributed by atoms with E-state index in [4.69, 9.17) is 4.42 Å². The minimum Gasteiger partial charge on any atom is -0.463 e. The summed E-state index contributed by atoms with van der Waals surface area (Å²) < 4.78 is 6.35. The van der Waals surface area contributed by atoms with Gasteiger partial charge >= 0.3 is 0 Å². The highest BCUT2D eigenvalue weighted by Crippen LogP contribution is 2.31. The number of hydrogen-bond donors (Lipinski definition) is 0. The van der Waals surface area contributed by atoms with Crippen LogP contribution in [0.15, 0.2) is 101 Å². The minimum atomic E-state index is -0.261. The average Bonchev–Trinajstić information content (AvgIpc) is 3.49. The van der Waals surface area contributed by atoms with Gasteiger partial charge in [-0.3, -0.25) is 4.79 Å². The maximum Gasteiger partial charge on any atom is 0.280 e. The molecule has 0 unspecified atom stereocenters. The quantitative estimate of drug-likeness (QED) is 0.231. The van der Waals surface area contributed by atoms with Gasteiger partial charge in [-0.2, -0.15) is 10.1 Å². The van der Waals surface area contributed by atoms with Crippen LogP contribution in [0, 0.1) is 6.92 Å². The minimum absolute atomic E-state index is 0.261. The number of fused-ring (bicyclic) bond motifs is 1. The van der Waals surface area contributed by atoms with Crippen molar-refractivity contribution in [3.05, 3.63) is 108 Å². The number of aryl methyl sites for hydroxylation is 1. The van der Waals surface area contributed by atoms with Crippen molar-refractivity contribution in [2.75, 3.05) is 5.01 Å². The van der Waals surface area contributed by atoms with E-state index in [1.807, 2.05) is 73.7 Å². The predicted octanol–water partition coefficient (Wildman–Crippen LogP) is 6.55. The van der Waals surface area contributed by atoms with Gasteiger partial charge in [-0.1, -0.05) is 59.9 Å². The van der Waals surface area contributed by atoms with Crippen molar-refractivity contribution in [2.24, 2.45) is 5.10 Å². The number of rotatable bonds is 5. The number of furan rings is 1. The number of hydrazone groups is 1. The number of amides is 1. The molecule has 0 bridgehead atoms. The first kappa shape index (κ1) is 19.9. The molecule has 0 aliphatic rings. The summed E-state index contributed by atoms with van der Waals surface area (Å²) in [7, 11) is 0. The van der Waals surface area contributed by atoms with E-state index in [0.29, 0.717) is 16.5 Å². The van der Waals surface area contributed by atoms with E-state index in [1.165, 1.54) is 22.6 Å². The Morgan fingerprint density at radius 1 is 0.969 bits per heavy atom. The molecular formula is C26H19N3O2S. The third kappa shape index (κ3) is 4.08. The second-order valence-electron chi connectivity index (χ2n) is 7.29. The van der Waals surface area contributed by atoms with E-state index < -0.39 is 0 Å². The first-order valence-corrected chi connectivity index (χ1v) is 10.9. The molecule has 6 heteroatoms. The second kappa shape index (κ2) is 8.61. The lowest BCUT2D eigenvalue weighted by Crippen LogP contribution is -2.25. The molecule has 0 N–H and O–H groups in total. The Bertz CT molecular complexity index is 1390. The Morgan fingerprint density at radius 3 is 2.50 bits per heavy atom. The molecule has 0 spiro atoms. The number of carbonyl (C=O) groups is 1. The molecule has 0 aliphatic carbocycles. The fourth-order valence-electron chi connectivity index (χ4n) is 3.34. The number of thiazole rings is 1. The van der Waals surface area contributed by atoms with Gasteiger partial charge in [-0.15, -0.1) is 0 Å². The number of hydrogen-bond acceptors (Lipinski definition) is 5. The summed E-state index contributed by atoms with van der Waals surface area (Å²) in [5.41, 5.74) is 4.64. The van der Waals surface area contributed by atoms with E-state index in [2.05, 4.69) is 16.2 Å². The largest absolute Gasteiger partial charge is 0.463 e. The fraction of sp³-hybridized carbons (Fsp3) is 0.0385. The molecule has 5 nitrogen and oxygen atoms in total. The monoisotopic (exact) mass is 437 g/mol. The van der Waals surface area contributed by atoms with Gasteiger partial charge in [0.25, 0.3) is 5.91 Å². The van der Waals surface area contributed by atoms with Crippen LogP contribution in [-0.2, 0) is 0 Å². The molecule has 0 radical (unpaired) electrons. The molecule has 0 fully saturated rings. The van der Waals surface area contributed by atoms with Crippen molar-refractivity contribution in [2.45, 2.75) is 6.92 Å². The van der Waals surface area contributed by atoms with E-state index in [9.17, 15) is 4.79 Å². The van der Waals surface area contributed by atoms with Crippen LogP contribution in [-0.4, -0.2) is 17.1 Å². The molecule has 0 saturated heterocycles. The molecule has 156 valence electrons. The smallest absolute Gasteiger partial charge is 0.280 e. The second-order valence-corrected chi connectivity index (χ2v) is 8.30. The van der Waals surface area contributed by atoms with Gasteiger partial charge in [0, 0.05) is 5.56 Å². The topological polar surface area (TPSA) is 58.7 Å². The van der Waals surface area contributed by atoms with E-state index in [1.54, 1.807) is 18.4 Å². The molecule has 5 rings (SSSR count). The first-order valence-electron chi connectivity index (χ1n) is 10.1. The third-order valence-corrected chi connectivity index (χ3v) is 5.98. The maximum absolute atomic E-state index is 13.4. The summed E-state index contributed by atoms with van der Waals surface area (Å²) in [4.78, 5) is 18.1. The van der Waals surface area contributed by atoms with Crippen LogP contribution in [0.1, 0.15) is 21.7 Å². The van der Waals surface area contributed by atoms with Crippen LogP contribution < -0.4 is 5.01 Å². The van der Waals surface area contributed by atoms with Crippen molar-refractivity contribution in [3.8, 4) is 11.1 Å². The molecule has 0 aliphatic heterocycles. The van der Waals surface area contributed by atoms with Gasteiger partial charge in [0.1, 0.15) is 5.76 Å². The number of anilines is 1. The lowest BCUT2D eigenvalue weighted by Gasteiger charge is -2.14. The Balaban J connectivity index is 1.51. The van der Waals surface area contributed by atoms with Gasteiger partial charge in [0.05, 0.1) is 22.7 Å². The van der Waals surface area contributed by atoms with Crippen molar-refractivity contribution >= 4 is 38.8 Å². The molecule has 3 aromatic carbocycles. The molecule has 2 heterocycles. The van der Waals surface area contributed by atoms with Crippen molar-refractivity contribution in [3.63, 3.8) is 0 Å². The van der Waals surface area contributed by atoms with Crippen LogP contribution in [0.2, 0.25) is 0 Å². The van der Waals surface area contributed by atoms with Crippen molar-refractivity contribution in [1.82, 2.24) is 4.98 Å². The number of benzene rings is 3. The van der Waals surface area contributed by atoms with Crippen LogP contribution in [0.3, 0.4) is 0 Å². The van der Waals surface area contributed by atoms with Crippen molar-refractivity contribution < 1.29 is 9.21 Å². The van der Waals surface area contributed by atoms with E-state index >= 15 is 0 Å². The normalized spacial score (nSPS) is 11.3. The van der Waals surface area contributed by atoms with E-state index in [-0.39, 0.29) is 5.91 Å². The summed E-state index contributed by atoms with van der Waals surface area (Å²) >= 11 is 1.43. The zero-order chi connectivity index (χ0) is 21.9. The van der Waals surface area contributed by atoms with Gasteiger partial charge in [-0.05, 0) is 60.0 Å². The molecule has 2 aromatic heterocycles. The van der Waals surface area contributed by atoms with Gasteiger partial charge < -0.3 is 4.42 Å². The standard InChI is InChI=1S/C26H19N3O2S/c1-18-9-14-23-24(16-18)32-26(28-23)29(27-17-22-8-5-15-31-22)25(30)21-12-10-20(11-13-21)19-6-3-2-4-7-19/h2-17H,1H3/b27-17+. The third-order valence-electron chi connectivity index (χ3n) is 4.99. The lowest BCUT2D eigenvalue weighted by atomic mass is 10.0. The van der Waals surface area contributed by atoms with Crippen LogP contribution in [0.5, 0.6) is 0 Å². The number of carbonyl (C=O) groups excluding carboxylic acids is 1. The van der Waals surface area contributed by atoms with E-state index in [0.717, 1.165) is 26.9 Å². The number of aromatic nitrogens is 1. The molecule has 0 atom stereocenters. The Morgan fingerprint density at radius 2 is 1.75 bits per heavy atom. The van der Waals surface area contributed by atoms with Gasteiger partial charge in [0.2, 0.25) is 5.13 Å². The first-order chi connectivity index (χ1) is 15.7. The summed E-state index contributed by atoms with van der Waals surface area (Å²) in [6.45, 7) is 2.03. The fourth-order valence-corrected chi connectivity index (χ4v) is 4.36. The van der Waals surface area contributed by atoms with Crippen molar-refractivity contribution in [1.29, 1.82) is 0 Å². The SMILES string of the molecule is Cc1ccc2nc(N(/N=C/c3ccco3)C(=O)c3ccc(-c4ccccc4)cc3)sc2c1. The Hall–Kier alpha value is -4.03. The van der Waals surface area contributed by atoms with Crippen LogP contribution in [0.4, 0.5) is 5.13 Å². The molecule has 1 amide bonds. The highest BCUT2D eigenvalue weighted by molar-refractivity contribution is 7.22. The Kier molecular flexibility index (Phi) is 5.35. The van der Waals surface area contributed by atoms with Crippen LogP contribution in [0.25, 0.3) is 21.3 Å². The molecule has 5 aromatic rings. The molecule has 32 heavy (non-hydrogen) atoms. The maximum atomic E-state index is 13.4. The zero-order valence-electron chi connectivity index (χ0n) is 17.3. The molecular weight excluding hydrogens is 418 g/mol. The van der Waals surface area contributed by atoms with Gasteiger partial charge in [-0.25, -0.2) is 4.98 Å². The summed E-state index contributed by atoms with van der Waals surface area (Å²) in [6, 6.07) is 27.2. The summed E-state index contributed by atoms with van der Waals surface area (Å²) in [6.07, 6.45) is 3.09. The molecule has 0 saturated carbocycles. The van der Waals surface area contributed by atoms with Crippen LogP contribution >= 0.6 is 11.3 Å². The van der Waals surface area contributed by atoms with Gasteiger partial charge in [0.15, 0.2) is 0 Å². The summed E-state index contributed by atoms with van der Waals surface area (Å²) in [5.74, 6) is 0.294. The highest BCUT2D eigenvalue weighted by atomic mass is 32.1. The Labute approximate surface area is 189 Å². The predicted molar refractivity (Wildman–Crippen MR) is 129 cm³/mol. The average molecular weight is 438 g/mol. The summed E-state index contributed by atoms with van der Waals surface area (Å²) in [5, 5.41) is 6.26. The zero-order valence-corrected chi connectivity index (χ0v) is 18.1. The lowest BCUT2D eigenvalue weighted by molar-refractivity contribution is 0.0988. The number of nitrogens with zero attached hydrogens (tertiary/aromatic N) is 3. The highest BCUT2D eigenvalue weighted by Gasteiger charge is 2.21.